The molecule has 0 radical (unpaired) electrons. The van der Waals surface area contributed by atoms with Gasteiger partial charge in [-0.2, -0.15) is 10.4 Å². The molecule has 1 saturated heterocycles. The second-order valence-corrected chi connectivity index (χ2v) is 10.7. The van der Waals surface area contributed by atoms with E-state index in [1.165, 1.54) is 12.4 Å². The van der Waals surface area contributed by atoms with Crippen LogP contribution in [0.15, 0.2) is 66.0 Å². The van der Waals surface area contributed by atoms with Crippen LogP contribution < -0.4 is 10.5 Å². The third-order valence-corrected chi connectivity index (χ3v) is 7.84. The summed E-state index contributed by atoms with van der Waals surface area (Å²) in [5.41, 5.74) is 8.13. The van der Waals surface area contributed by atoms with Gasteiger partial charge in [0.2, 0.25) is 0 Å². The molecule has 11 heteroatoms. The number of amides is 1. The molecule has 0 saturated carbocycles. The Morgan fingerprint density at radius 1 is 1.19 bits per heavy atom. The molecule has 2 atom stereocenters. The van der Waals surface area contributed by atoms with Crippen molar-refractivity contribution in [3.63, 3.8) is 0 Å². The Labute approximate surface area is 243 Å². The van der Waals surface area contributed by atoms with Gasteiger partial charge >= 0.3 is 0 Å². The van der Waals surface area contributed by atoms with Crippen molar-refractivity contribution in [2.75, 3.05) is 32.9 Å². The Morgan fingerprint density at radius 3 is 2.64 bits per heavy atom. The van der Waals surface area contributed by atoms with Gasteiger partial charge in [-0.1, -0.05) is 18.2 Å². The van der Waals surface area contributed by atoms with Crippen molar-refractivity contribution >= 4 is 22.8 Å². The number of nitrogens with two attached hydrogens (primary N) is 1. The fourth-order valence-electron chi connectivity index (χ4n) is 5.21. The zero-order chi connectivity index (χ0) is 30.0. The lowest BCUT2D eigenvalue weighted by Gasteiger charge is -2.33. The largest absolute Gasteiger partial charge is 0.457 e. The molecule has 2 N–H and O–H groups in total. The number of nitriles is 1. The Bertz CT molecular complexity index is 1690. The first-order chi connectivity index (χ1) is 20.2. The predicted octanol–water partition coefficient (Wildman–Crippen LogP) is 4.96. The predicted molar refractivity (Wildman–Crippen MR) is 158 cm³/mol. The number of piperidine rings is 1. The van der Waals surface area contributed by atoms with Crippen molar-refractivity contribution in [2.24, 2.45) is 0 Å². The number of likely N-dealkylation sites (N-methyl/N-ethyl adjacent to an activating group) is 1. The van der Waals surface area contributed by atoms with Gasteiger partial charge in [-0.25, -0.2) is 19.0 Å². The van der Waals surface area contributed by atoms with E-state index < -0.39 is 5.82 Å². The number of likely N-dealkylation sites (tertiary alicyclic amines) is 1. The first-order valence-electron chi connectivity index (χ1n) is 13.8. The summed E-state index contributed by atoms with van der Waals surface area (Å²) < 4.78 is 23.0. The number of nitrogen functional groups attached to an aromatic ring is 1. The third kappa shape index (κ3) is 5.53. The van der Waals surface area contributed by atoms with Crippen molar-refractivity contribution in [1.29, 1.82) is 5.26 Å². The molecule has 0 spiro atoms. The van der Waals surface area contributed by atoms with Crippen LogP contribution in [-0.2, 0) is 4.79 Å². The lowest BCUT2D eigenvalue weighted by Crippen LogP contribution is -2.42. The highest BCUT2D eigenvalue weighted by Gasteiger charge is 2.31. The number of rotatable bonds is 7. The maximum absolute atomic E-state index is 15.5. The SMILES string of the molecule is CC(=C(C#N)C(=O)N1CCCC(n2nc(-c3ccc(Oc4ccccc4)cc3F)c3c(N)ncnc32)C1)[C@@H](C)N(C)C. The summed E-state index contributed by atoms with van der Waals surface area (Å²) in [5.74, 6) is 0.274. The zero-order valence-corrected chi connectivity index (χ0v) is 24.1. The minimum Gasteiger partial charge on any atom is -0.457 e. The van der Waals surface area contributed by atoms with Crippen molar-refractivity contribution in [3.05, 3.63) is 71.8 Å². The number of benzene rings is 2. The average molecular weight is 569 g/mol. The van der Waals surface area contributed by atoms with Crippen LogP contribution in [0.25, 0.3) is 22.3 Å². The first kappa shape index (κ1) is 28.7. The van der Waals surface area contributed by atoms with Crippen molar-refractivity contribution < 1.29 is 13.9 Å². The number of anilines is 1. The topological polar surface area (TPSA) is 126 Å². The van der Waals surface area contributed by atoms with Gasteiger partial charge in [0, 0.05) is 30.8 Å². The summed E-state index contributed by atoms with van der Waals surface area (Å²) >= 11 is 0. The molecule has 216 valence electrons. The van der Waals surface area contributed by atoms with Crippen LogP contribution in [0.4, 0.5) is 10.2 Å². The minimum atomic E-state index is -0.534. The van der Waals surface area contributed by atoms with E-state index in [1.54, 1.807) is 33.8 Å². The van der Waals surface area contributed by atoms with Gasteiger partial charge in [-0.05, 0) is 70.6 Å². The normalized spacial score (nSPS) is 16.7. The molecule has 42 heavy (non-hydrogen) atoms. The summed E-state index contributed by atoms with van der Waals surface area (Å²) in [6.45, 7) is 4.62. The lowest BCUT2D eigenvalue weighted by atomic mass is 10.00. The molecular formula is C31H33FN8O2. The van der Waals surface area contributed by atoms with Crippen LogP contribution in [-0.4, -0.2) is 68.7 Å². The molecule has 1 aliphatic rings. The van der Waals surface area contributed by atoms with Crippen LogP contribution in [0.5, 0.6) is 11.5 Å². The van der Waals surface area contributed by atoms with Crippen molar-refractivity contribution in [3.8, 4) is 28.8 Å². The molecule has 1 unspecified atom stereocenters. The molecule has 5 rings (SSSR count). The zero-order valence-electron chi connectivity index (χ0n) is 24.1. The van der Waals surface area contributed by atoms with Gasteiger partial charge in [-0.15, -0.1) is 0 Å². The quantitative estimate of drug-likeness (QED) is 0.245. The molecule has 2 aromatic heterocycles. The first-order valence-corrected chi connectivity index (χ1v) is 13.8. The Hall–Kier alpha value is -4.82. The molecule has 4 aromatic rings. The number of hydrogen-bond donors (Lipinski definition) is 1. The van der Waals surface area contributed by atoms with Gasteiger partial charge in [0.1, 0.15) is 46.8 Å². The number of carbonyl (C=O) groups is 1. The molecular weight excluding hydrogens is 535 g/mol. The fraction of sp³-hybridized carbons (Fsp3) is 0.323. The number of para-hydroxylation sites is 1. The Kier molecular flexibility index (Phi) is 8.17. The summed E-state index contributed by atoms with van der Waals surface area (Å²) in [6.07, 6.45) is 2.77. The van der Waals surface area contributed by atoms with Crippen molar-refractivity contribution in [2.45, 2.75) is 38.8 Å². The number of aromatic nitrogens is 4. The standard InChI is InChI=1S/C31H33FN8O2/c1-19(20(2)38(3)4)25(16-33)31(41)39-14-8-9-21(17-39)40-30-27(29(34)35-18-36-30)28(37-40)24-13-12-23(15-26(24)32)42-22-10-6-5-7-11-22/h5-7,10-13,15,18,20-21H,8-9,14,17H2,1-4H3,(H2,34,35,36)/t20-,21?/m1/s1. The van der Waals surface area contributed by atoms with E-state index in [4.69, 9.17) is 15.6 Å². The molecule has 1 amide bonds. The lowest BCUT2D eigenvalue weighted by molar-refractivity contribution is -0.128. The van der Waals surface area contributed by atoms with Crippen LogP contribution in [0.2, 0.25) is 0 Å². The highest BCUT2D eigenvalue weighted by atomic mass is 19.1. The van der Waals surface area contributed by atoms with Gasteiger partial charge in [0.25, 0.3) is 5.91 Å². The molecule has 10 nitrogen and oxygen atoms in total. The molecule has 2 aromatic carbocycles. The van der Waals surface area contributed by atoms with Gasteiger partial charge in [-0.3, -0.25) is 4.79 Å². The number of halogens is 1. The van der Waals surface area contributed by atoms with Gasteiger partial charge < -0.3 is 20.3 Å². The second-order valence-electron chi connectivity index (χ2n) is 10.7. The summed E-state index contributed by atoms with van der Waals surface area (Å²) in [7, 11) is 3.82. The van der Waals surface area contributed by atoms with E-state index in [0.717, 1.165) is 12.0 Å². The Balaban J connectivity index is 1.48. The summed E-state index contributed by atoms with van der Waals surface area (Å²) in [4.78, 5) is 25.8. The van der Waals surface area contributed by atoms with E-state index in [9.17, 15) is 10.1 Å². The van der Waals surface area contributed by atoms with E-state index in [-0.39, 0.29) is 34.9 Å². The minimum absolute atomic E-state index is 0.0687. The van der Waals surface area contributed by atoms with E-state index in [1.807, 2.05) is 51.0 Å². The molecule has 0 bridgehead atoms. The molecule has 1 fully saturated rings. The summed E-state index contributed by atoms with van der Waals surface area (Å²) in [5, 5.41) is 15.1. The molecule has 3 heterocycles. The monoisotopic (exact) mass is 568 g/mol. The van der Waals surface area contributed by atoms with E-state index in [0.29, 0.717) is 47.7 Å². The van der Waals surface area contributed by atoms with Crippen LogP contribution in [0.3, 0.4) is 0 Å². The third-order valence-electron chi connectivity index (χ3n) is 7.84. The molecule has 1 aliphatic heterocycles. The highest BCUT2D eigenvalue weighted by Crippen LogP contribution is 2.36. The number of nitrogens with zero attached hydrogens (tertiary/aromatic N) is 7. The number of ether oxygens (including phenoxy) is 1. The van der Waals surface area contributed by atoms with Crippen LogP contribution >= 0.6 is 0 Å². The highest BCUT2D eigenvalue weighted by molar-refractivity contribution is 5.99. The number of fused-ring (bicyclic) bond motifs is 1. The van der Waals surface area contributed by atoms with Crippen LogP contribution in [0, 0.1) is 17.1 Å². The summed E-state index contributed by atoms with van der Waals surface area (Å²) in [6, 6.07) is 15.5. The van der Waals surface area contributed by atoms with Crippen molar-refractivity contribution in [1.82, 2.24) is 29.5 Å². The smallest absolute Gasteiger partial charge is 0.264 e. The maximum Gasteiger partial charge on any atom is 0.264 e. The Morgan fingerprint density at radius 2 is 1.95 bits per heavy atom. The molecule has 0 aliphatic carbocycles. The van der Waals surface area contributed by atoms with Crippen LogP contribution in [0.1, 0.15) is 32.7 Å². The van der Waals surface area contributed by atoms with E-state index in [2.05, 4.69) is 16.0 Å². The average Bonchev–Trinajstić information content (AvgIpc) is 3.38. The second kappa shape index (κ2) is 12.0. The number of hydrogen-bond acceptors (Lipinski definition) is 8. The van der Waals surface area contributed by atoms with E-state index >= 15 is 4.39 Å². The maximum atomic E-state index is 15.5. The number of carbonyl (C=O) groups excluding carboxylic acids is 1. The fourth-order valence-corrected chi connectivity index (χ4v) is 5.21. The van der Waals surface area contributed by atoms with Gasteiger partial charge in [0.05, 0.1) is 11.4 Å². The van der Waals surface area contributed by atoms with Gasteiger partial charge in [0.15, 0.2) is 5.65 Å².